The molecule has 3 heteroatoms. The van der Waals surface area contributed by atoms with Gasteiger partial charge >= 0.3 is 0 Å². The summed E-state index contributed by atoms with van der Waals surface area (Å²) in [5, 5.41) is 0. The zero-order valence-electron chi connectivity index (χ0n) is 10.1. The highest BCUT2D eigenvalue weighted by molar-refractivity contribution is 5.85. The number of nitrogens with two attached hydrogens (primary N) is 1. The second-order valence-electron chi connectivity index (χ2n) is 6.07. The summed E-state index contributed by atoms with van der Waals surface area (Å²) in [7, 11) is 0. The smallest absolute Gasteiger partial charge is 0.00631 e. The molecule has 0 aromatic carbocycles. The number of nitrogens with zero attached hydrogens (tertiary/aromatic N) is 1. The molecule has 2 saturated carbocycles. The van der Waals surface area contributed by atoms with Gasteiger partial charge in [0.2, 0.25) is 0 Å². The minimum atomic E-state index is 0. The van der Waals surface area contributed by atoms with E-state index in [0.29, 0.717) is 6.04 Å². The number of likely N-dealkylation sites (tertiary alicyclic amines) is 1. The molecule has 0 aromatic heterocycles. The van der Waals surface area contributed by atoms with Crippen molar-refractivity contribution in [2.24, 2.45) is 23.5 Å². The van der Waals surface area contributed by atoms with Crippen molar-refractivity contribution in [3.05, 3.63) is 0 Å². The highest BCUT2D eigenvalue weighted by Gasteiger charge is 2.40. The van der Waals surface area contributed by atoms with Crippen molar-refractivity contribution in [3.63, 3.8) is 0 Å². The quantitative estimate of drug-likeness (QED) is 0.808. The van der Waals surface area contributed by atoms with Crippen LogP contribution in [0.3, 0.4) is 0 Å². The molecule has 0 radical (unpaired) electrons. The lowest BCUT2D eigenvalue weighted by molar-refractivity contribution is 0.157. The van der Waals surface area contributed by atoms with Crippen molar-refractivity contribution in [3.8, 4) is 0 Å². The molecule has 94 valence electrons. The van der Waals surface area contributed by atoms with Crippen molar-refractivity contribution in [2.45, 2.75) is 44.6 Å². The van der Waals surface area contributed by atoms with Gasteiger partial charge in [0.15, 0.2) is 0 Å². The predicted octanol–water partition coefficient (Wildman–Crippen LogP) is 2.27. The van der Waals surface area contributed by atoms with E-state index in [1.165, 1.54) is 51.7 Å². The second-order valence-corrected chi connectivity index (χ2v) is 6.07. The number of rotatable bonds is 2. The van der Waals surface area contributed by atoms with E-state index in [-0.39, 0.29) is 12.4 Å². The largest absolute Gasteiger partial charge is 0.328 e. The van der Waals surface area contributed by atoms with Crippen molar-refractivity contribution in [1.29, 1.82) is 0 Å². The lowest BCUT2D eigenvalue weighted by Gasteiger charge is -2.34. The first-order valence-corrected chi connectivity index (χ1v) is 6.79. The summed E-state index contributed by atoms with van der Waals surface area (Å²) in [5.41, 5.74) is 5.94. The van der Waals surface area contributed by atoms with E-state index in [9.17, 15) is 0 Å². The van der Waals surface area contributed by atoms with E-state index in [1.54, 1.807) is 6.42 Å². The van der Waals surface area contributed by atoms with Crippen LogP contribution >= 0.6 is 12.4 Å². The fourth-order valence-electron chi connectivity index (χ4n) is 4.07. The third kappa shape index (κ3) is 2.55. The molecule has 16 heavy (non-hydrogen) atoms. The Morgan fingerprint density at radius 1 is 1.00 bits per heavy atom. The number of halogens is 1. The molecule has 0 amide bonds. The van der Waals surface area contributed by atoms with E-state index in [4.69, 9.17) is 5.73 Å². The van der Waals surface area contributed by atoms with E-state index < -0.39 is 0 Å². The van der Waals surface area contributed by atoms with Crippen LogP contribution in [0.1, 0.15) is 38.5 Å². The molecule has 2 bridgehead atoms. The van der Waals surface area contributed by atoms with Gasteiger partial charge in [-0.1, -0.05) is 6.42 Å². The van der Waals surface area contributed by atoms with Crippen molar-refractivity contribution in [1.82, 2.24) is 4.90 Å². The Labute approximate surface area is 105 Å². The van der Waals surface area contributed by atoms with Crippen molar-refractivity contribution < 1.29 is 0 Å². The molecular weight excluding hydrogens is 220 g/mol. The van der Waals surface area contributed by atoms with Gasteiger partial charge in [-0.25, -0.2) is 0 Å². The van der Waals surface area contributed by atoms with Gasteiger partial charge in [0.1, 0.15) is 0 Å². The van der Waals surface area contributed by atoms with Gasteiger partial charge < -0.3 is 10.6 Å². The Bertz CT molecular complexity index is 226. The lowest BCUT2D eigenvalue weighted by Crippen LogP contribution is -2.42. The molecule has 3 fully saturated rings. The minimum Gasteiger partial charge on any atom is -0.328 e. The summed E-state index contributed by atoms with van der Waals surface area (Å²) in [6.45, 7) is 3.90. The molecule has 0 spiro atoms. The average Bonchev–Trinajstić information content (AvgIpc) is 2.83. The van der Waals surface area contributed by atoms with E-state index in [1.807, 2.05) is 0 Å². The topological polar surface area (TPSA) is 29.3 Å². The van der Waals surface area contributed by atoms with Gasteiger partial charge in [-0.2, -0.15) is 0 Å². The monoisotopic (exact) mass is 244 g/mol. The molecule has 0 aromatic rings. The molecule has 3 aliphatic rings. The standard InChI is InChI=1S/C13H24N2.ClH/c14-13-3-5-15(6-4-13)9-12-8-10-1-2-11(12)7-10;/h10-13H,1-9,14H2;1H. The molecule has 2 N–H and O–H groups in total. The Kier molecular flexibility index (Phi) is 4.15. The maximum absolute atomic E-state index is 5.94. The maximum Gasteiger partial charge on any atom is 0.00631 e. The van der Waals surface area contributed by atoms with E-state index in [2.05, 4.69) is 4.90 Å². The van der Waals surface area contributed by atoms with E-state index in [0.717, 1.165) is 17.8 Å². The number of piperidine rings is 1. The molecule has 1 heterocycles. The molecule has 3 rings (SSSR count). The van der Waals surface area contributed by atoms with Gasteiger partial charge in [0.05, 0.1) is 0 Å². The maximum atomic E-state index is 5.94. The SMILES string of the molecule is Cl.NC1CCN(CC2CC3CCC2C3)CC1. The summed E-state index contributed by atoms with van der Waals surface area (Å²) in [4.78, 5) is 2.68. The normalized spacial score (nSPS) is 39.9. The molecule has 2 aliphatic carbocycles. The van der Waals surface area contributed by atoms with Crippen LogP contribution in [0.15, 0.2) is 0 Å². The third-order valence-corrected chi connectivity index (χ3v) is 5.01. The summed E-state index contributed by atoms with van der Waals surface area (Å²) < 4.78 is 0. The van der Waals surface area contributed by atoms with Crippen LogP contribution in [0.25, 0.3) is 0 Å². The molecule has 3 unspecified atom stereocenters. The second kappa shape index (κ2) is 5.24. The van der Waals surface area contributed by atoms with Gasteiger partial charge in [0, 0.05) is 12.6 Å². The van der Waals surface area contributed by atoms with Gasteiger partial charge in [-0.05, 0) is 62.9 Å². The molecule has 2 nitrogen and oxygen atoms in total. The Morgan fingerprint density at radius 3 is 2.31 bits per heavy atom. The number of hydrogen-bond acceptors (Lipinski definition) is 2. The van der Waals surface area contributed by atoms with Crippen LogP contribution in [0.4, 0.5) is 0 Å². The minimum absolute atomic E-state index is 0. The number of fused-ring (bicyclic) bond motifs is 2. The molecular formula is C13H25ClN2. The fourth-order valence-corrected chi connectivity index (χ4v) is 4.07. The first-order chi connectivity index (χ1) is 7.31. The van der Waals surface area contributed by atoms with Crippen LogP contribution in [-0.2, 0) is 0 Å². The lowest BCUT2D eigenvalue weighted by atomic mass is 9.88. The Hall–Kier alpha value is 0.210. The van der Waals surface area contributed by atoms with Crippen molar-refractivity contribution >= 4 is 12.4 Å². The van der Waals surface area contributed by atoms with Crippen molar-refractivity contribution in [2.75, 3.05) is 19.6 Å². The van der Waals surface area contributed by atoms with Gasteiger partial charge in [-0.15, -0.1) is 12.4 Å². The van der Waals surface area contributed by atoms with Crippen LogP contribution in [0, 0.1) is 17.8 Å². The summed E-state index contributed by atoms with van der Waals surface area (Å²) in [6.07, 6.45) is 8.60. The van der Waals surface area contributed by atoms with Gasteiger partial charge in [0.25, 0.3) is 0 Å². The third-order valence-electron chi connectivity index (χ3n) is 5.01. The van der Waals surface area contributed by atoms with E-state index >= 15 is 0 Å². The zero-order chi connectivity index (χ0) is 10.3. The highest BCUT2D eigenvalue weighted by atomic mass is 35.5. The highest BCUT2D eigenvalue weighted by Crippen LogP contribution is 2.48. The average molecular weight is 245 g/mol. The van der Waals surface area contributed by atoms with Crippen LogP contribution < -0.4 is 5.73 Å². The van der Waals surface area contributed by atoms with Crippen LogP contribution in [0.2, 0.25) is 0 Å². The molecule has 1 saturated heterocycles. The first-order valence-electron chi connectivity index (χ1n) is 6.79. The molecule has 1 aliphatic heterocycles. The summed E-state index contributed by atoms with van der Waals surface area (Å²) in [5.74, 6) is 3.23. The predicted molar refractivity (Wildman–Crippen MR) is 69.8 cm³/mol. The summed E-state index contributed by atoms with van der Waals surface area (Å²) >= 11 is 0. The molecule has 3 atom stereocenters. The fraction of sp³-hybridized carbons (Fsp3) is 1.00. The van der Waals surface area contributed by atoms with Crippen LogP contribution in [-0.4, -0.2) is 30.6 Å². The first kappa shape index (κ1) is 12.7. The zero-order valence-corrected chi connectivity index (χ0v) is 10.9. The Morgan fingerprint density at radius 2 is 1.75 bits per heavy atom. The summed E-state index contributed by atoms with van der Waals surface area (Å²) in [6, 6.07) is 0.487. The van der Waals surface area contributed by atoms with Crippen LogP contribution in [0.5, 0.6) is 0 Å². The van der Waals surface area contributed by atoms with Gasteiger partial charge in [-0.3, -0.25) is 0 Å². The Balaban J connectivity index is 0.000000963. The number of hydrogen-bond donors (Lipinski definition) is 1.